The summed E-state index contributed by atoms with van der Waals surface area (Å²) < 4.78 is 24.1. The Morgan fingerprint density at radius 2 is 1.58 bits per heavy atom. The molecule has 43 heavy (non-hydrogen) atoms. The molecule has 0 fully saturated rings. The second-order valence-electron chi connectivity index (χ2n) is 10.0. The average Bonchev–Trinajstić information content (AvgIpc) is 3.67. The molecular formula is C33H32N4O6. The Morgan fingerprint density at radius 3 is 2.19 bits per heavy atom. The van der Waals surface area contributed by atoms with Crippen molar-refractivity contribution in [3.8, 4) is 34.1 Å². The molecule has 3 aromatic carbocycles. The standard InChI is InChI=1S/C33H32N4O6/c1-4-34-33(38)31-30(29-15-24(18-35-39)36-42-29)32(43-37-31)26-16-25(21(2)3)27(40-19-22-11-7-5-8-12-22)17-28(26)41-20-23-13-9-6-10-14-23/h5-18,21,39H,4,19-20H2,1-3H3,(H,34,38). The molecule has 0 radical (unpaired) electrons. The lowest BCUT2D eigenvalue weighted by Crippen LogP contribution is -2.23. The molecule has 2 aromatic heterocycles. The molecule has 220 valence electrons. The Bertz CT molecular complexity index is 1690. The van der Waals surface area contributed by atoms with Crippen LogP contribution < -0.4 is 14.8 Å². The zero-order valence-corrected chi connectivity index (χ0v) is 24.1. The summed E-state index contributed by atoms with van der Waals surface area (Å²) in [6, 6.07) is 25.0. The molecule has 10 nitrogen and oxygen atoms in total. The molecule has 5 aromatic rings. The fourth-order valence-electron chi connectivity index (χ4n) is 4.55. The van der Waals surface area contributed by atoms with E-state index in [1.54, 1.807) is 6.92 Å². The minimum Gasteiger partial charge on any atom is -0.488 e. The summed E-state index contributed by atoms with van der Waals surface area (Å²) in [6.07, 6.45) is 1.12. The first-order valence-electron chi connectivity index (χ1n) is 13.9. The van der Waals surface area contributed by atoms with E-state index in [-0.39, 0.29) is 41.0 Å². The lowest BCUT2D eigenvalue weighted by Gasteiger charge is -2.19. The highest BCUT2D eigenvalue weighted by molar-refractivity contribution is 6.02. The summed E-state index contributed by atoms with van der Waals surface area (Å²) in [5, 5.41) is 22.8. The molecular weight excluding hydrogens is 548 g/mol. The van der Waals surface area contributed by atoms with Crippen LogP contribution in [0.15, 0.2) is 93.1 Å². The van der Waals surface area contributed by atoms with Crippen molar-refractivity contribution in [2.45, 2.75) is 39.9 Å². The molecule has 2 N–H and O–H groups in total. The van der Waals surface area contributed by atoms with E-state index in [2.05, 4.69) is 34.6 Å². The predicted octanol–water partition coefficient (Wildman–Crippen LogP) is 6.84. The lowest BCUT2D eigenvalue weighted by atomic mass is 9.95. The summed E-state index contributed by atoms with van der Waals surface area (Å²) in [6.45, 7) is 6.98. The van der Waals surface area contributed by atoms with Crippen molar-refractivity contribution >= 4 is 12.1 Å². The van der Waals surface area contributed by atoms with Crippen molar-refractivity contribution < 1.29 is 28.5 Å². The van der Waals surface area contributed by atoms with Gasteiger partial charge in [0.1, 0.15) is 36.0 Å². The molecule has 0 saturated carbocycles. The number of ether oxygens (including phenoxy) is 2. The number of oxime groups is 1. The van der Waals surface area contributed by atoms with Crippen LogP contribution in [0, 0.1) is 0 Å². The van der Waals surface area contributed by atoms with E-state index in [1.165, 1.54) is 6.07 Å². The largest absolute Gasteiger partial charge is 0.488 e. The fourth-order valence-corrected chi connectivity index (χ4v) is 4.55. The van der Waals surface area contributed by atoms with Gasteiger partial charge in [-0.3, -0.25) is 4.79 Å². The maximum Gasteiger partial charge on any atom is 0.274 e. The third kappa shape index (κ3) is 6.75. The summed E-state index contributed by atoms with van der Waals surface area (Å²) in [7, 11) is 0. The highest BCUT2D eigenvalue weighted by Crippen LogP contribution is 2.44. The van der Waals surface area contributed by atoms with E-state index in [4.69, 9.17) is 23.7 Å². The monoisotopic (exact) mass is 580 g/mol. The zero-order chi connectivity index (χ0) is 30.2. The summed E-state index contributed by atoms with van der Waals surface area (Å²) >= 11 is 0. The molecule has 0 spiro atoms. The minimum absolute atomic E-state index is 0.0185. The zero-order valence-electron chi connectivity index (χ0n) is 24.1. The van der Waals surface area contributed by atoms with Crippen LogP contribution in [0.5, 0.6) is 11.5 Å². The maximum absolute atomic E-state index is 13.0. The summed E-state index contributed by atoms with van der Waals surface area (Å²) in [4.78, 5) is 13.0. The second kappa shape index (κ2) is 13.5. The molecule has 2 heterocycles. The predicted molar refractivity (Wildman–Crippen MR) is 160 cm³/mol. The van der Waals surface area contributed by atoms with Crippen molar-refractivity contribution in [1.82, 2.24) is 15.6 Å². The second-order valence-corrected chi connectivity index (χ2v) is 10.0. The van der Waals surface area contributed by atoms with Crippen LogP contribution in [-0.4, -0.2) is 34.2 Å². The number of aromatic nitrogens is 2. The van der Waals surface area contributed by atoms with Gasteiger partial charge in [0.15, 0.2) is 17.2 Å². The van der Waals surface area contributed by atoms with Crippen molar-refractivity contribution in [1.29, 1.82) is 0 Å². The number of amides is 1. The number of carbonyl (C=O) groups is 1. The fraction of sp³-hybridized carbons (Fsp3) is 0.212. The number of hydrogen-bond donors (Lipinski definition) is 2. The van der Waals surface area contributed by atoms with E-state index in [0.717, 1.165) is 22.9 Å². The summed E-state index contributed by atoms with van der Waals surface area (Å²) in [5.41, 5.74) is 4.02. The quantitative estimate of drug-likeness (QED) is 0.0932. The number of hydrogen-bond acceptors (Lipinski definition) is 9. The lowest BCUT2D eigenvalue weighted by molar-refractivity contribution is 0.0947. The number of nitrogens with one attached hydrogen (secondary N) is 1. The highest BCUT2D eigenvalue weighted by atomic mass is 16.5. The Labute approximate surface area is 248 Å². The molecule has 1 amide bonds. The average molecular weight is 581 g/mol. The van der Waals surface area contributed by atoms with Gasteiger partial charge in [0.05, 0.1) is 11.8 Å². The van der Waals surface area contributed by atoms with Crippen LogP contribution in [0.25, 0.3) is 22.6 Å². The van der Waals surface area contributed by atoms with Crippen molar-refractivity contribution in [3.63, 3.8) is 0 Å². The molecule has 0 unspecified atom stereocenters. The molecule has 0 aliphatic carbocycles. The van der Waals surface area contributed by atoms with Gasteiger partial charge >= 0.3 is 0 Å². The van der Waals surface area contributed by atoms with Gasteiger partial charge < -0.3 is 29.0 Å². The van der Waals surface area contributed by atoms with Crippen LogP contribution in [0.4, 0.5) is 0 Å². The number of rotatable bonds is 12. The van der Waals surface area contributed by atoms with Gasteiger partial charge in [-0.15, -0.1) is 0 Å². The number of benzene rings is 3. The van der Waals surface area contributed by atoms with Gasteiger partial charge in [0, 0.05) is 18.7 Å². The molecule has 5 rings (SSSR count). The van der Waals surface area contributed by atoms with Gasteiger partial charge in [0.2, 0.25) is 0 Å². The van der Waals surface area contributed by atoms with Crippen LogP contribution in [0.3, 0.4) is 0 Å². The normalized spacial score (nSPS) is 11.3. The molecule has 0 saturated heterocycles. The molecule has 0 bridgehead atoms. The molecule has 10 heteroatoms. The van der Waals surface area contributed by atoms with Crippen molar-refractivity contribution in [3.05, 3.63) is 107 Å². The Hall–Kier alpha value is -5.38. The van der Waals surface area contributed by atoms with Crippen molar-refractivity contribution in [2.75, 3.05) is 6.54 Å². The Morgan fingerprint density at radius 1 is 0.930 bits per heavy atom. The number of carbonyl (C=O) groups excluding carboxylic acids is 1. The van der Waals surface area contributed by atoms with Gasteiger partial charge in [-0.25, -0.2) is 0 Å². The molecule has 0 aliphatic heterocycles. The third-order valence-electron chi connectivity index (χ3n) is 6.66. The summed E-state index contributed by atoms with van der Waals surface area (Å²) in [5.74, 6) is 1.21. The molecule has 0 aliphatic rings. The van der Waals surface area contributed by atoms with E-state index in [1.807, 2.05) is 72.8 Å². The van der Waals surface area contributed by atoms with Crippen molar-refractivity contribution in [2.24, 2.45) is 5.16 Å². The Balaban J connectivity index is 1.65. The van der Waals surface area contributed by atoms with E-state index >= 15 is 0 Å². The van der Waals surface area contributed by atoms with Gasteiger partial charge in [-0.05, 0) is 35.6 Å². The molecule has 0 atom stereocenters. The smallest absolute Gasteiger partial charge is 0.274 e. The van der Waals surface area contributed by atoms with Crippen LogP contribution >= 0.6 is 0 Å². The highest BCUT2D eigenvalue weighted by Gasteiger charge is 2.30. The van der Waals surface area contributed by atoms with Gasteiger partial charge in [-0.2, -0.15) is 0 Å². The first-order valence-corrected chi connectivity index (χ1v) is 13.9. The van der Waals surface area contributed by atoms with Crippen LogP contribution in [0.2, 0.25) is 0 Å². The van der Waals surface area contributed by atoms with Crippen LogP contribution in [-0.2, 0) is 13.2 Å². The topological polar surface area (TPSA) is 132 Å². The SMILES string of the molecule is CCNC(=O)c1noc(-c2cc(C(C)C)c(OCc3ccccc3)cc2OCc2ccccc2)c1-c1cc(C=NO)no1. The van der Waals surface area contributed by atoms with Gasteiger partial charge in [-0.1, -0.05) is 90.0 Å². The third-order valence-corrected chi connectivity index (χ3v) is 6.66. The van der Waals surface area contributed by atoms with E-state index in [0.29, 0.717) is 30.2 Å². The van der Waals surface area contributed by atoms with E-state index in [9.17, 15) is 4.79 Å². The Kier molecular flexibility index (Phi) is 9.16. The van der Waals surface area contributed by atoms with Gasteiger partial charge in [0.25, 0.3) is 5.91 Å². The van der Waals surface area contributed by atoms with E-state index < -0.39 is 5.91 Å². The first-order chi connectivity index (χ1) is 21.0. The maximum atomic E-state index is 13.0. The minimum atomic E-state index is -0.445. The van der Waals surface area contributed by atoms with Crippen LogP contribution in [0.1, 0.15) is 59.6 Å². The first kappa shape index (κ1) is 29.1. The number of nitrogens with zero attached hydrogens (tertiary/aromatic N) is 3.